The summed E-state index contributed by atoms with van der Waals surface area (Å²) in [5.74, 6) is -0.120. The van der Waals surface area contributed by atoms with Crippen molar-refractivity contribution in [1.82, 2.24) is 10.3 Å². The average molecular weight is 348 g/mol. The van der Waals surface area contributed by atoms with Crippen LogP contribution in [0.3, 0.4) is 0 Å². The summed E-state index contributed by atoms with van der Waals surface area (Å²) in [6, 6.07) is 7.36. The van der Waals surface area contributed by atoms with E-state index in [1.165, 1.54) is 11.3 Å². The minimum atomic E-state index is -0.877. The molecule has 0 spiro atoms. The van der Waals surface area contributed by atoms with Crippen LogP contribution in [0.1, 0.15) is 32.9 Å². The Morgan fingerprint density at radius 1 is 1.25 bits per heavy atom. The molecule has 6 nitrogen and oxygen atoms in total. The molecule has 0 bridgehead atoms. The maximum absolute atomic E-state index is 12.1. The van der Waals surface area contributed by atoms with Crippen LogP contribution in [0.15, 0.2) is 24.3 Å². The number of benzene rings is 1. The number of methoxy groups -OCH3 is 1. The molecule has 128 valence electrons. The van der Waals surface area contributed by atoms with Crippen LogP contribution in [0.5, 0.6) is 5.75 Å². The predicted octanol–water partition coefficient (Wildman–Crippen LogP) is 2.63. The molecule has 1 amide bonds. The number of carbonyl (C=O) groups excluding carboxylic acids is 2. The number of aryl methyl sites for hydroxylation is 2. The van der Waals surface area contributed by atoms with Gasteiger partial charge in [0.25, 0.3) is 5.91 Å². The molecular formula is C17H20N2O4S. The van der Waals surface area contributed by atoms with Gasteiger partial charge in [-0.1, -0.05) is 12.1 Å². The van der Waals surface area contributed by atoms with Crippen LogP contribution in [-0.2, 0) is 16.1 Å². The van der Waals surface area contributed by atoms with Crippen LogP contribution in [0.4, 0.5) is 0 Å². The lowest BCUT2D eigenvalue weighted by atomic mass is 10.2. The number of nitrogens with one attached hydrogen (secondary N) is 1. The number of aromatic nitrogens is 1. The second kappa shape index (κ2) is 7.92. The first-order valence-electron chi connectivity index (χ1n) is 7.46. The van der Waals surface area contributed by atoms with Crippen molar-refractivity contribution < 1.29 is 19.1 Å². The first-order valence-corrected chi connectivity index (χ1v) is 8.28. The number of nitrogens with zero attached hydrogens (tertiary/aromatic N) is 1. The molecule has 0 aliphatic heterocycles. The molecule has 0 saturated carbocycles. The van der Waals surface area contributed by atoms with Gasteiger partial charge in [-0.15, -0.1) is 11.3 Å². The molecule has 1 aromatic heterocycles. The van der Waals surface area contributed by atoms with Crippen molar-refractivity contribution in [2.45, 2.75) is 33.4 Å². The molecule has 0 aliphatic carbocycles. The zero-order valence-electron chi connectivity index (χ0n) is 14.1. The number of hydrogen-bond donors (Lipinski definition) is 1. The van der Waals surface area contributed by atoms with Gasteiger partial charge in [-0.3, -0.25) is 4.79 Å². The monoisotopic (exact) mass is 348 g/mol. The smallest absolute Gasteiger partial charge is 0.351 e. The Balaban J connectivity index is 1.87. The van der Waals surface area contributed by atoms with E-state index in [2.05, 4.69) is 10.3 Å². The van der Waals surface area contributed by atoms with E-state index in [-0.39, 0.29) is 5.91 Å². The molecule has 0 aliphatic rings. The largest absolute Gasteiger partial charge is 0.497 e. The standard InChI is InChI=1S/C17H20N2O4S/c1-10-15(24-12(3)19-10)17(21)23-11(2)16(20)18-9-13-5-7-14(22-4)8-6-13/h5-8,11H,9H2,1-4H3,(H,18,20)/t11-/m0/s1. The van der Waals surface area contributed by atoms with Gasteiger partial charge in [0, 0.05) is 6.54 Å². The van der Waals surface area contributed by atoms with Gasteiger partial charge in [0.2, 0.25) is 0 Å². The highest BCUT2D eigenvalue weighted by Crippen LogP contribution is 2.18. The summed E-state index contributed by atoms with van der Waals surface area (Å²) in [5, 5.41) is 3.53. The van der Waals surface area contributed by atoms with Crippen molar-refractivity contribution in [2.24, 2.45) is 0 Å². The topological polar surface area (TPSA) is 77.5 Å². The quantitative estimate of drug-likeness (QED) is 0.812. The molecule has 1 atom stereocenters. The fourth-order valence-corrected chi connectivity index (χ4v) is 2.87. The van der Waals surface area contributed by atoms with E-state index in [1.54, 1.807) is 21.0 Å². The van der Waals surface area contributed by atoms with E-state index >= 15 is 0 Å². The zero-order valence-corrected chi connectivity index (χ0v) is 14.9. The van der Waals surface area contributed by atoms with E-state index in [0.29, 0.717) is 17.1 Å². The van der Waals surface area contributed by atoms with Gasteiger partial charge < -0.3 is 14.8 Å². The average Bonchev–Trinajstić information content (AvgIpc) is 2.91. The first-order chi connectivity index (χ1) is 11.4. The maximum atomic E-state index is 12.1. The summed E-state index contributed by atoms with van der Waals surface area (Å²) in [6.45, 7) is 5.46. The van der Waals surface area contributed by atoms with Crippen LogP contribution in [0.25, 0.3) is 0 Å². The summed E-state index contributed by atoms with van der Waals surface area (Å²) in [5.41, 5.74) is 1.55. The molecule has 1 aromatic carbocycles. The molecule has 1 N–H and O–H groups in total. The minimum absolute atomic E-state index is 0.349. The van der Waals surface area contributed by atoms with Crippen molar-refractivity contribution in [3.05, 3.63) is 45.4 Å². The Bertz CT molecular complexity index is 725. The highest BCUT2D eigenvalue weighted by molar-refractivity contribution is 7.13. The molecule has 7 heteroatoms. The van der Waals surface area contributed by atoms with Crippen LogP contribution in [0, 0.1) is 13.8 Å². The molecule has 1 heterocycles. The number of ether oxygens (including phenoxy) is 2. The van der Waals surface area contributed by atoms with Gasteiger partial charge >= 0.3 is 5.97 Å². The van der Waals surface area contributed by atoms with E-state index in [1.807, 2.05) is 31.2 Å². The molecule has 0 unspecified atom stereocenters. The summed E-state index contributed by atoms with van der Waals surface area (Å²) in [7, 11) is 1.60. The fourth-order valence-electron chi connectivity index (χ4n) is 2.06. The summed E-state index contributed by atoms with van der Waals surface area (Å²) < 4.78 is 10.3. The second-order valence-corrected chi connectivity index (χ2v) is 6.46. The van der Waals surface area contributed by atoms with Crippen LogP contribution >= 0.6 is 11.3 Å². The van der Waals surface area contributed by atoms with Gasteiger partial charge in [0.05, 0.1) is 17.8 Å². The van der Waals surface area contributed by atoms with Crippen molar-refractivity contribution in [3.8, 4) is 5.75 Å². The third-order valence-electron chi connectivity index (χ3n) is 3.37. The van der Waals surface area contributed by atoms with Crippen LogP contribution in [-0.4, -0.2) is 30.1 Å². The predicted molar refractivity (Wildman–Crippen MR) is 91.3 cm³/mol. The number of thiazole rings is 1. The molecule has 2 rings (SSSR count). The summed E-state index contributed by atoms with van der Waals surface area (Å²) >= 11 is 1.26. The Labute approximate surface area is 144 Å². The van der Waals surface area contributed by atoms with Gasteiger partial charge in [-0.25, -0.2) is 9.78 Å². The lowest BCUT2D eigenvalue weighted by Gasteiger charge is -2.13. The minimum Gasteiger partial charge on any atom is -0.497 e. The second-order valence-electron chi connectivity index (χ2n) is 5.26. The highest BCUT2D eigenvalue weighted by Gasteiger charge is 2.22. The molecular weight excluding hydrogens is 328 g/mol. The van der Waals surface area contributed by atoms with E-state index in [9.17, 15) is 9.59 Å². The Morgan fingerprint density at radius 3 is 2.46 bits per heavy atom. The Kier molecular flexibility index (Phi) is 5.92. The van der Waals surface area contributed by atoms with E-state index in [0.717, 1.165) is 16.3 Å². The molecule has 24 heavy (non-hydrogen) atoms. The number of hydrogen-bond acceptors (Lipinski definition) is 6. The van der Waals surface area contributed by atoms with Gasteiger partial charge in [0.15, 0.2) is 6.10 Å². The van der Waals surface area contributed by atoms with E-state index in [4.69, 9.17) is 9.47 Å². The number of amides is 1. The van der Waals surface area contributed by atoms with Crippen LogP contribution < -0.4 is 10.1 Å². The highest BCUT2D eigenvalue weighted by atomic mass is 32.1. The first kappa shape index (κ1) is 17.9. The van der Waals surface area contributed by atoms with Crippen molar-refractivity contribution in [3.63, 3.8) is 0 Å². The maximum Gasteiger partial charge on any atom is 0.351 e. The number of esters is 1. The summed E-state index contributed by atoms with van der Waals surface area (Å²) in [6.07, 6.45) is -0.877. The molecule has 0 radical (unpaired) electrons. The van der Waals surface area contributed by atoms with Crippen molar-refractivity contribution in [2.75, 3.05) is 7.11 Å². The number of carbonyl (C=O) groups is 2. The molecule has 0 fully saturated rings. The normalized spacial score (nSPS) is 11.7. The molecule has 2 aromatic rings. The fraction of sp³-hybridized carbons (Fsp3) is 0.353. The van der Waals surface area contributed by atoms with Crippen LogP contribution in [0.2, 0.25) is 0 Å². The van der Waals surface area contributed by atoms with Crippen molar-refractivity contribution in [1.29, 1.82) is 0 Å². The Morgan fingerprint density at radius 2 is 1.92 bits per heavy atom. The molecule has 0 saturated heterocycles. The third kappa shape index (κ3) is 4.55. The van der Waals surface area contributed by atoms with Gasteiger partial charge in [-0.2, -0.15) is 0 Å². The zero-order chi connectivity index (χ0) is 17.7. The number of rotatable bonds is 6. The van der Waals surface area contributed by atoms with Gasteiger partial charge in [0.1, 0.15) is 10.6 Å². The Hall–Kier alpha value is -2.41. The third-order valence-corrected chi connectivity index (χ3v) is 4.42. The van der Waals surface area contributed by atoms with E-state index < -0.39 is 12.1 Å². The lowest BCUT2D eigenvalue weighted by molar-refractivity contribution is -0.129. The summed E-state index contributed by atoms with van der Waals surface area (Å²) in [4.78, 5) is 28.8. The lowest BCUT2D eigenvalue weighted by Crippen LogP contribution is -2.35. The SMILES string of the molecule is COc1ccc(CNC(=O)[C@H](C)OC(=O)c2sc(C)nc2C)cc1. The van der Waals surface area contributed by atoms with Gasteiger partial charge in [-0.05, 0) is 38.5 Å². The van der Waals surface area contributed by atoms with Crippen molar-refractivity contribution >= 4 is 23.2 Å².